The fourth-order valence-corrected chi connectivity index (χ4v) is 5.55. The molecule has 1 aliphatic rings. The van der Waals surface area contributed by atoms with E-state index in [2.05, 4.69) is 30.6 Å². The predicted octanol–water partition coefficient (Wildman–Crippen LogP) is 4.15. The molecular formula is C26H26FN7O3S. The standard InChI is InChI=1S/C26H26FN7O3S/c1-17-5-3-4-6-24(17)38(35,36)34(2)23-8-7-18(13-21(23)27)31-22-9-11-28-14-20(22)25-29-16-30-26(33-25)32-19-10-12-37-15-19/h3-9,11,13-14,16,19H,10,12,15H2,1-2H3,(H,28,31)(H,29,30,32,33). The molecule has 0 radical (unpaired) electrons. The van der Waals surface area contributed by atoms with E-state index in [-0.39, 0.29) is 16.6 Å². The van der Waals surface area contributed by atoms with Crippen molar-refractivity contribution in [2.45, 2.75) is 24.3 Å². The van der Waals surface area contributed by atoms with E-state index in [9.17, 15) is 8.42 Å². The zero-order valence-corrected chi connectivity index (χ0v) is 21.6. The maximum absolute atomic E-state index is 15.2. The number of anilines is 4. The monoisotopic (exact) mass is 535 g/mol. The summed E-state index contributed by atoms with van der Waals surface area (Å²) in [7, 11) is -2.61. The minimum Gasteiger partial charge on any atom is -0.379 e. The average molecular weight is 536 g/mol. The molecule has 12 heteroatoms. The molecule has 10 nitrogen and oxygen atoms in total. The van der Waals surface area contributed by atoms with Crippen LogP contribution in [-0.2, 0) is 14.8 Å². The first kappa shape index (κ1) is 25.5. The third-order valence-corrected chi connectivity index (χ3v) is 8.13. The lowest BCUT2D eigenvalue weighted by Gasteiger charge is -2.21. The van der Waals surface area contributed by atoms with E-state index in [1.165, 1.54) is 31.6 Å². The molecule has 1 saturated heterocycles. The van der Waals surface area contributed by atoms with Crippen molar-refractivity contribution in [3.8, 4) is 11.4 Å². The van der Waals surface area contributed by atoms with Crippen LogP contribution in [0.1, 0.15) is 12.0 Å². The minimum atomic E-state index is -3.94. The molecule has 0 spiro atoms. The van der Waals surface area contributed by atoms with Crippen LogP contribution < -0.4 is 14.9 Å². The van der Waals surface area contributed by atoms with Crippen LogP contribution in [0.5, 0.6) is 0 Å². The van der Waals surface area contributed by atoms with Crippen LogP contribution in [0, 0.1) is 12.7 Å². The largest absolute Gasteiger partial charge is 0.379 e. The Bertz CT molecular complexity index is 1560. The molecule has 2 aromatic heterocycles. The molecule has 1 fully saturated rings. The van der Waals surface area contributed by atoms with E-state index >= 15 is 4.39 Å². The number of benzene rings is 2. The fraction of sp³-hybridized carbons (Fsp3) is 0.231. The lowest BCUT2D eigenvalue weighted by Crippen LogP contribution is -2.28. The normalized spacial score (nSPS) is 15.3. The van der Waals surface area contributed by atoms with Gasteiger partial charge in [-0.25, -0.2) is 22.8 Å². The maximum atomic E-state index is 15.2. The van der Waals surface area contributed by atoms with Crippen LogP contribution in [0.4, 0.5) is 27.4 Å². The summed E-state index contributed by atoms with van der Waals surface area (Å²) in [5.41, 5.74) is 2.10. The van der Waals surface area contributed by atoms with Gasteiger partial charge in [0.2, 0.25) is 5.95 Å². The summed E-state index contributed by atoms with van der Waals surface area (Å²) >= 11 is 0. The Balaban J connectivity index is 1.39. The summed E-state index contributed by atoms with van der Waals surface area (Å²) in [6.07, 6.45) is 5.48. The second-order valence-corrected chi connectivity index (χ2v) is 10.7. The third kappa shape index (κ3) is 5.27. The number of hydrogen-bond acceptors (Lipinski definition) is 9. The number of halogens is 1. The SMILES string of the molecule is Cc1ccccc1S(=O)(=O)N(C)c1ccc(Nc2ccncc2-c2ncnc(NC3CCOC3)n2)cc1F. The molecule has 0 saturated carbocycles. The van der Waals surface area contributed by atoms with Gasteiger partial charge in [-0.1, -0.05) is 18.2 Å². The van der Waals surface area contributed by atoms with E-state index in [0.717, 1.165) is 10.7 Å². The Morgan fingerprint density at radius 2 is 1.97 bits per heavy atom. The molecule has 2 aromatic carbocycles. The first-order valence-corrected chi connectivity index (χ1v) is 13.4. The van der Waals surface area contributed by atoms with E-state index in [0.29, 0.717) is 47.5 Å². The summed E-state index contributed by atoms with van der Waals surface area (Å²) in [5.74, 6) is 0.113. The van der Waals surface area contributed by atoms with Crippen molar-refractivity contribution in [3.05, 3.63) is 78.6 Å². The molecule has 1 unspecified atom stereocenters. The highest BCUT2D eigenvalue weighted by molar-refractivity contribution is 7.92. The zero-order chi connectivity index (χ0) is 26.7. The number of rotatable bonds is 8. The summed E-state index contributed by atoms with van der Waals surface area (Å²) in [4.78, 5) is 17.3. The molecule has 4 aromatic rings. The predicted molar refractivity (Wildman–Crippen MR) is 142 cm³/mol. The molecule has 0 amide bonds. The molecule has 1 atom stereocenters. The topological polar surface area (TPSA) is 122 Å². The van der Waals surface area contributed by atoms with Gasteiger partial charge in [0.1, 0.15) is 12.1 Å². The van der Waals surface area contributed by atoms with Gasteiger partial charge in [-0.05, 0) is 49.2 Å². The Labute approximate surface area is 220 Å². The van der Waals surface area contributed by atoms with E-state index in [1.807, 2.05) is 0 Å². The van der Waals surface area contributed by atoms with Crippen LogP contribution in [0.2, 0.25) is 0 Å². The van der Waals surface area contributed by atoms with Gasteiger partial charge in [-0.15, -0.1) is 0 Å². The highest BCUT2D eigenvalue weighted by Gasteiger charge is 2.25. The number of aromatic nitrogens is 4. The first-order chi connectivity index (χ1) is 18.3. The van der Waals surface area contributed by atoms with Crippen molar-refractivity contribution in [1.82, 2.24) is 19.9 Å². The number of sulfonamides is 1. The van der Waals surface area contributed by atoms with Crippen molar-refractivity contribution in [3.63, 3.8) is 0 Å². The van der Waals surface area contributed by atoms with Crippen LogP contribution in [0.3, 0.4) is 0 Å². The quantitative estimate of drug-likeness (QED) is 0.343. The van der Waals surface area contributed by atoms with Gasteiger partial charge in [0.05, 0.1) is 34.5 Å². The number of ether oxygens (including phenoxy) is 1. The Kier molecular flexibility index (Phi) is 7.16. The van der Waals surface area contributed by atoms with Crippen molar-refractivity contribution in [2.24, 2.45) is 0 Å². The first-order valence-electron chi connectivity index (χ1n) is 11.9. The zero-order valence-electron chi connectivity index (χ0n) is 20.8. The van der Waals surface area contributed by atoms with Crippen LogP contribution in [0.15, 0.2) is 72.1 Å². The average Bonchev–Trinajstić information content (AvgIpc) is 3.42. The van der Waals surface area contributed by atoms with Gasteiger partial charge in [0, 0.05) is 31.7 Å². The number of nitrogens with one attached hydrogen (secondary N) is 2. The fourth-order valence-electron chi connectivity index (χ4n) is 4.13. The van der Waals surface area contributed by atoms with E-state index < -0.39 is 15.8 Å². The molecule has 196 valence electrons. The summed E-state index contributed by atoms with van der Waals surface area (Å²) < 4.78 is 47.8. The highest BCUT2D eigenvalue weighted by Crippen LogP contribution is 2.31. The number of pyridine rings is 1. The van der Waals surface area contributed by atoms with Gasteiger partial charge in [0.25, 0.3) is 10.0 Å². The summed E-state index contributed by atoms with van der Waals surface area (Å²) in [5, 5.41) is 6.40. The van der Waals surface area contributed by atoms with Gasteiger partial charge in [-0.3, -0.25) is 9.29 Å². The molecule has 1 aliphatic heterocycles. The van der Waals surface area contributed by atoms with Gasteiger partial charge in [-0.2, -0.15) is 4.98 Å². The van der Waals surface area contributed by atoms with Crippen molar-refractivity contribution >= 4 is 33.0 Å². The molecule has 5 rings (SSSR count). The second kappa shape index (κ2) is 10.7. The molecule has 0 aliphatic carbocycles. The van der Waals surface area contributed by atoms with Crippen molar-refractivity contribution in [1.29, 1.82) is 0 Å². The summed E-state index contributed by atoms with van der Waals surface area (Å²) in [6.45, 7) is 2.98. The smallest absolute Gasteiger partial charge is 0.264 e. The van der Waals surface area contributed by atoms with E-state index in [1.54, 1.807) is 49.6 Å². The van der Waals surface area contributed by atoms with Crippen LogP contribution >= 0.6 is 0 Å². The highest BCUT2D eigenvalue weighted by atomic mass is 32.2. The van der Waals surface area contributed by atoms with Crippen LogP contribution in [-0.4, -0.2) is 54.7 Å². The third-order valence-electron chi connectivity index (χ3n) is 6.19. The molecule has 3 heterocycles. The molecule has 2 N–H and O–H groups in total. The van der Waals surface area contributed by atoms with Crippen molar-refractivity contribution in [2.75, 3.05) is 35.2 Å². The van der Waals surface area contributed by atoms with Gasteiger partial charge >= 0.3 is 0 Å². The molecule has 38 heavy (non-hydrogen) atoms. The van der Waals surface area contributed by atoms with Gasteiger partial charge in [0.15, 0.2) is 5.82 Å². The number of nitrogens with zero attached hydrogens (tertiary/aromatic N) is 5. The lowest BCUT2D eigenvalue weighted by atomic mass is 10.2. The second-order valence-electron chi connectivity index (χ2n) is 8.79. The lowest BCUT2D eigenvalue weighted by molar-refractivity contribution is 0.195. The Morgan fingerprint density at radius 3 is 2.74 bits per heavy atom. The number of aryl methyl sites for hydroxylation is 1. The summed E-state index contributed by atoms with van der Waals surface area (Å²) in [6, 6.07) is 12.7. The minimum absolute atomic E-state index is 0.0715. The maximum Gasteiger partial charge on any atom is 0.264 e. The van der Waals surface area contributed by atoms with Crippen LogP contribution in [0.25, 0.3) is 11.4 Å². The van der Waals surface area contributed by atoms with E-state index in [4.69, 9.17) is 4.74 Å². The molecular weight excluding hydrogens is 509 g/mol. The number of hydrogen-bond donors (Lipinski definition) is 2. The Morgan fingerprint density at radius 1 is 1.13 bits per heavy atom. The van der Waals surface area contributed by atoms with Crippen molar-refractivity contribution < 1.29 is 17.5 Å². The molecule has 0 bridgehead atoms. The Hall–Kier alpha value is -4.16. The van der Waals surface area contributed by atoms with Gasteiger partial charge < -0.3 is 15.4 Å².